The van der Waals surface area contributed by atoms with Gasteiger partial charge in [-0.25, -0.2) is 4.79 Å². The summed E-state index contributed by atoms with van der Waals surface area (Å²) < 4.78 is 0. The van der Waals surface area contributed by atoms with Gasteiger partial charge in [-0.05, 0) is 56.8 Å². The number of carbonyl (C=O) groups excluding carboxylic acids is 2. The lowest BCUT2D eigenvalue weighted by Crippen LogP contribution is -2.20. The Morgan fingerprint density at radius 3 is 2.31 bits per heavy atom. The quantitative estimate of drug-likeness (QED) is 0.551. The fourth-order valence-electron chi connectivity index (χ4n) is 2.29. The van der Waals surface area contributed by atoms with Gasteiger partial charge in [0.15, 0.2) is 0 Å². The van der Waals surface area contributed by atoms with Crippen LogP contribution in [0, 0.1) is 6.92 Å². The van der Waals surface area contributed by atoms with Crippen LogP contribution in [0.3, 0.4) is 0 Å². The summed E-state index contributed by atoms with van der Waals surface area (Å²) >= 11 is 0. The molecule has 0 aromatic heterocycles. The second-order valence-corrected chi connectivity index (χ2v) is 5.73. The molecule has 0 radical (unpaired) electrons. The Labute approximate surface area is 160 Å². The van der Waals surface area contributed by atoms with Crippen molar-refractivity contribution in [1.29, 1.82) is 0 Å². The Morgan fingerprint density at radius 2 is 1.62 bits per heavy atom. The normalized spacial score (nSPS) is 9.77. The summed E-state index contributed by atoms with van der Waals surface area (Å²) in [6, 6.07) is 14.3. The number of nitrogens with one attached hydrogen (secondary N) is 4. The van der Waals surface area contributed by atoms with E-state index in [1.54, 1.807) is 12.1 Å². The van der Waals surface area contributed by atoms with E-state index in [2.05, 4.69) is 21.3 Å². The first kappa shape index (κ1) is 21.5. The minimum atomic E-state index is -0.332. The van der Waals surface area contributed by atoms with Crippen LogP contribution in [0.1, 0.15) is 18.4 Å². The molecule has 6 nitrogen and oxygen atoms in total. The van der Waals surface area contributed by atoms with Gasteiger partial charge in [0, 0.05) is 23.5 Å². The van der Waals surface area contributed by atoms with Crippen LogP contribution in [0.5, 0.6) is 0 Å². The van der Waals surface area contributed by atoms with Crippen LogP contribution in [0.25, 0.3) is 0 Å². The first-order valence-corrected chi connectivity index (χ1v) is 8.26. The lowest BCUT2D eigenvalue weighted by Gasteiger charge is -2.12. The number of benzene rings is 2. The molecular formula is C19H25ClN4O2. The average molecular weight is 377 g/mol. The molecule has 0 aliphatic rings. The number of hydrogen-bond acceptors (Lipinski definition) is 3. The van der Waals surface area contributed by atoms with E-state index in [0.29, 0.717) is 23.5 Å². The summed E-state index contributed by atoms with van der Waals surface area (Å²) in [6.07, 6.45) is 1.23. The van der Waals surface area contributed by atoms with Crippen molar-refractivity contribution in [2.75, 3.05) is 29.5 Å². The van der Waals surface area contributed by atoms with Crippen LogP contribution in [0.2, 0.25) is 0 Å². The maximum absolute atomic E-state index is 12.1. The molecule has 0 heterocycles. The highest BCUT2D eigenvalue weighted by atomic mass is 35.5. The van der Waals surface area contributed by atoms with Gasteiger partial charge < -0.3 is 21.3 Å². The van der Waals surface area contributed by atoms with E-state index in [9.17, 15) is 9.59 Å². The average Bonchev–Trinajstić information content (AvgIpc) is 2.59. The largest absolute Gasteiger partial charge is 0.326 e. The number of amides is 3. The molecule has 0 aliphatic heterocycles. The van der Waals surface area contributed by atoms with Gasteiger partial charge in [-0.2, -0.15) is 0 Å². The third-order valence-electron chi connectivity index (χ3n) is 3.63. The van der Waals surface area contributed by atoms with Crippen molar-refractivity contribution in [3.63, 3.8) is 0 Å². The highest BCUT2D eigenvalue weighted by molar-refractivity contribution is 6.00. The highest BCUT2D eigenvalue weighted by Gasteiger charge is 2.08. The summed E-state index contributed by atoms with van der Waals surface area (Å²) in [5.74, 6) is -0.0377. The summed E-state index contributed by atoms with van der Waals surface area (Å²) in [7, 11) is 1.86. The van der Waals surface area contributed by atoms with Crippen LogP contribution in [-0.2, 0) is 4.79 Å². The van der Waals surface area contributed by atoms with Gasteiger partial charge in [-0.15, -0.1) is 12.4 Å². The van der Waals surface area contributed by atoms with Crippen molar-refractivity contribution < 1.29 is 9.59 Å². The number of anilines is 3. The van der Waals surface area contributed by atoms with Crippen molar-refractivity contribution in [3.8, 4) is 0 Å². The third-order valence-corrected chi connectivity index (χ3v) is 3.63. The van der Waals surface area contributed by atoms with E-state index in [1.807, 2.05) is 50.4 Å². The Hall–Kier alpha value is -2.57. The van der Waals surface area contributed by atoms with E-state index >= 15 is 0 Å². The predicted octanol–water partition coefficient (Wildman–Crippen LogP) is 4.00. The SMILES string of the molecule is CNCCCC(=O)Nc1cc(NC(=O)Nc2ccccc2)ccc1C.Cl. The molecule has 0 saturated heterocycles. The van der Waals surface area contributed by atoms with E-state index < -0.39 is 0 Å². The van der Waals surface area contributed by atoms with Gasteiger partial charge in [0.1, 0.15) is 0 Å². The molecule has 2 rings (SSSR count). The van der Waals surface area contributed by atoms with Crippen LogP contribution in [0.4, 0.5) is 21.9 Å². The lowest BCUT2D eigenvalue weighted by molar-refractivity contribution is -0.116. The van der Waals surface area contributed by atoms with Gasteiger partial charge >= 0.3 is 6.03 Å². The molecule has 26 heavy (non-hydrogen) atoms. The van der Waals surface area contributed by atoms with Crippen LogP contribution in [0.15, 0.2) is 48.5 Å². The molecule has 2 aromatic carbocycles. The Bertz CT molecular complexity index is 723. The van der Waals surface area contributed by atoms with E-state index in [0.717, 1.165) is 18.5 Å². The molecule has 2 aromatic rings. The molecule has 140 valence electrons. The fraction of sp³-hybridized carbons (Fsp3) is 0.263. The molecule has 0 aliphatic carbocycles. The summed E-state index contributed by atoms with van der Waals surface area (Å²) in [6.45, 7) is 2.71. The van der Waals surface area contributed by atoms with E-state index in [1.165, 1.54) is 0 Å². The first-order chi connectivity index (χ1) is 12.1. The smallest absolute Gasteiger partial charge is 0.323 e. The van der Waals surface area contributed by atoms with Gasteiger partial charge in [0.25, 0.3) is 0 Å². The number of carbonyl (C=O) groups is 2. The van der Waals surface area contributed by atoms with Crippen molar-refractivity contribution >= 4 is 41.4 Å². The standard InChI is InChI=1S/C19H24N4O2.ClH/c1-14-10-11-16(13-17(14)23-18(24)9-6-12-20-2)22-19(25)21-15-7-4-3-5-8-15;/h3-5,7-8,10-11,13,20H,6,9,12H2,1-2H3,(H,23,24)(H2,21,22,25);1H. The Morgan fingerprint density at radius 1 is 0.923 bits per heavy atom. The summed E-state index contributed by atoms with van der Waals surface area (Å²) in [4.78, 5) is 24.0. The topological polar surface area (TPSA) is 82.3 Å². The zero-order valence-corrected chi connectivity index (χ0v) is 15.8. The Kier molecular flexibility index (Phi) is 9.19. The van der Waals surface area contributed by atoms with Crippen molar-refractivity contribution in [1.82, 2.24) is 5.32 Å². The number of para-hydroxylation sites is 1. The number of aryl methyl sites for hydroxylation is 1. The van der Waals surface area contributed by atoms with Gasteiger partial charge in [-0.1, -0.05) is 24.3 Å². The number of urea groups is 1. The van der Waals surface area contributed by atoms with Gasteiger partial charge in [0.05, 0.1) is 0 Å². The molecule has 0 bridgehead atoms. The van der Waals surface area contributed by atoms with Crippen molar-refractivity contribution in [3.05, 3.63) is 54.1 Å². The Balaban J connectivity index is 0.00000338. The predicted molar refractivity (Wildman–Crippen MR) is 109 cm³/mol. The monoisotopic (exact) mass is 376 g/mol. The van der Waals surface area contributed by atoms with Gasteiger partial charge in [-0.3, -0.25) is 4.79 Å². The van der Waals surface area contributed by atoms with Crippen molar-refractivity contribution in [2.45, 2.75) is 19.8 Å². The molecule has 3 amide bonds. The minimum Gasteiger partial charge on any atom is -0.326 e. The second-order valence-electron chi connectivity index (χ2n) is 5.73. The first-order valence-electron chi connectivity index (χ1n) is 8.26. The zero-order valence-electron chi connectivity index (χ0n) is 15.0. The molecule has 0 unspecified atom stereocenters. The minimum absolute atomic E-state index is 0. The number of hydrogen-bond donors (Lipinski definition) is 4. The molecule has 0 saturated carbocycles. The molecule has 0 atom stereocenters. The van der Waals surface area contributed by atoms with Crippen LogP contribution in [-0.4, -0.2) is 25.5 Å². The summed E-state index contributed by atoms with van der Waals surface area (Å²) in [5, 5.41) is 11.4. The van der Waals surface area contributed by atoms with E-state index in [-0.39, 0.29) is 24.3 Å². The molecule has 0 fully saturated rings. The fourth-order valence-corrected chi connectivity index (χ4v) is 2.29. The molecule has 4 N–H and O–H groups in total. The number of halogens is 1. The molecule has 0 spiro atoms. The lowest BCUT2D eigenvalue weighted by atomic mass is 10.1. The van der Waals surface area contributed by atoms with Crippen LogP contribution < -0.4 is 21.3 Å². The van der Waals surface area contributed by atoms with Crippen molar-refractivity contribution in [2.24, 2.45) is 0 Å². The van der Waals surface area contributed by atoms with Crippen LogP contribution >= 0.6 is 12.4 Å². The second kappa shape index (κ2) is 11.1. The molecular weight excluding hydrogens is 352 g/mol. The highest BCUT2D eigenvalue weighted by Crippen LogP contribution is 2.21. The maximum Gasteiger partial charge on any atom is 0.323 e. The zero-order chi connectivity index (χ0) is 18.1. The molecule has 7 heteroatoms. The third kappa shape index (κ3) is 7.13. The number of rotatable bonds is 7. The maximum atomic E-state index is 12.1. The summed E-state index contributed by atoms with van der Waals surface area (Å²) in [5.41, 5.74) is 2.97. The van der Waals surface area contributed by atoms with E-state index in [4.69, 9.17) is 0 Å². The van der Waals surface area contributed by atoms with Gasteiger partial charge in [0.2, 0.25) is 5.91 Å².